The molecule has 1 aromatic carbocycles. The molecule has 0 aliphatic carbocycles. The van der Waals surface area contributed by atoms with Crippen molar-refractivity contribution in [1.29, 1.82) is 0 Å². The monoisotopic (exact) mass is 372 g/mol. The number of carbonyl (C=O) groups is 1. The van der Waals surface area contributed by atoms with Gasteiger partial charge in [0.25, 0.3) is 10.1 Å². The molecule has 0 saturated carbocycles. The Morgan fingerprint density at radius 3 is 2.36 bits per heavy atom. The predicted octanol–water partition coefficient (Wildman–Crippen LogP) is 2.17. The molecule has 8 heteroatoms. The van der Waals surface area contributed by atoms with E-state index in [2.05, 4.69) is 4.74 Å². The van der Waals surface area contributed by atoms with Gasteiger partial charge in [-0.3, -0.25) is 8.98 Å². The van der Waals surface area contributed by atoms with Crippen LogP contribution >= 0.6 is 0 Å². The van der Waals surface area contributed by atoms with Gasteiger partial charge >= 0.3 is 5.97 Å². The molecule has 0 N–H and O–H groups in total. The van der Waals surface area contributed by atoms with Crippen LogP contribution in [-0.2, 0) is 33.3 Å². The average molecular weight is 372 g/mol. The van der Waals surface area contributed by atoms with E-state index < -0.39 is 28.1 Å². The summed E-state index contributed by atoms with van der Waals surface area (Å²) < 4.78 is 45.8. The van der Waals surface area contributed by atoms with E-state index >= 15 is 0 Å². The van der Waals surface area contributed by atoms with Crippen molar-refractivity contribution >= 4 is 16.1 Å². The van der Waals surface area contributed by atoms with E-state index in [1.54, 1.807) is 26.0 Å². The topological polar surface area (TPSA) is 88.1 Å². The lowest BCUT2D eigenvalue weighted by molar-refractivity contribution is -0.151. The summed E-state index contributed by atoms with van der Waals surface area (Å²) in [6.07, 6.45) is -0.543. The molecular weight excluding hydrogens is 348 g/mol. The minimum absolute atomic E-state index is 0.0855. The number of benzene rings is 1. The maximum atomic E-state index is 12.3. The highest BCUT2D eigenvalue weighted by Crippen LogP contribution is 2.31. The van der Waals surface area contributed by atoms with Crippen LogP contribution in [0.1, 0.15) is 32.3 Å². The van der Waals surface area contributed by atoms with Gasteiger partial charge < -0.3 is 14.2 Å². The standard InChI is InChI=1S/C17H24O7S/c1-12-5-7-13(8-6-12)25(19,20)22-11-15-14(9-10-16(18)21-4)23-17(2,3)24-15/h5-8,14-15H,9-11H2,1-4H3/t14-,15+/m0/s1. The quantitative estimate of drug-likeness (QED) is 0.535. The van der Waals surface area contributed by atoms with Crippen molar-refractivity contribution in [1.82, 2.24) is 0 Å². The third-order valence-corrected chi connectivity index (χ3v) is 5.14. The van der Waals surface area contributed by atoms with Crippen LogP contribution in [0.3, 0.4) is 0 Å². The third kappa shape index (κ3) is 5.50. The van der Waals surface area contributed by atoms with Crippen molar-refractivity contribution in [2.24, 2.45) is 0 Å². The van der Waals surface area contributed by atoms with E-state index in [0.29, 0.717) is 6.42 Å². The number of ether oxygens (including phenoxy) is 3. The maximum absolute atomic E-state index is 12.3. The Labute approximate surface area is 148 Å². The Kier molecular flexibility index (Phi) is 6.21. The van der Waals surface area contributed by atoms with E-state index in [9.17, 15) is 13.2 Å². The average Bonchev–Trinajstić information content (AvgIpc) is 2.85. The van der Waals surface area contributed by atoms with Gasteiger partial charge in [-0.2, -0.15) is 8.42 Å². The van der Waals surface area contributed by atoms with Crippen molar-refractivity contribution in [3.05, 3.63) is 29.8 Å². The van der Waals surface area contributed by atoms with Crippen molar-refractivity contribution < 1.29 is 31.6 Å². The van der Waals surface area contributed by atoms with Crippen molar-refractivity contribution in [2.45, 2.75) is 56.5 Å². The van der Waals surface area contributed by atoms with Gasteiger partial charge in [0.2, 0.25) is 0 Å². The Morgan fingerprint density at radius 2 is 1.76 bits per heavy atom. The first-order chi connectivity index (χ1) is 11.6. The first-order valence-corrected chi connectivity index (χ1v) is 9.42. The summed E-state index contributed by atoms with van der Waals surface area (Å²) in [5.41, 5.74) is 0.955. The second-order valence-electron chi connectivity index (χ2n) is 6.38. The normalized spacial score (nSPS) is 22.7. The first-order valence-electron chi connectivity index (χ1n) is 8.01. The van der Waals surface area contributed by atoms with Crippen LogP contribution in [0.5, 0.6) is 0 Å². The summed E-state index contributed by atoms with van der Waals surface area (Å²) in [4.78, 5) is 11.4. The van der Waals surface area contributed by atoms with Gasteiger partial charge in [0.1, 0.15) is 6.10 Å². The lowest BCUT2D eigenvalue weighted by Gasteiger charge is -2.16. The first kappa shape index (κ1) is 19.8. The number of hydrogen-bond acceptors (Lipinski definition) is 7. The van der Waals surface area contributed by atoms with Gasteiger partial charge in [-0.15, -0.1) is 0 Å². The molecule has 7 nitrogen and oxygen atoms in total. The molecule has 1 aliphatic rings. The zero-order valence-electron chi connectivity index (χ0n) is 14.9. The summed E-state index contributed by atoms with van der Waals surface area (Å²) >= 11 is 0. The third-order valence-electron chi connectivity index (χ3n) is 3.84. The van der Waals surface area contributed by atoms with Crippen LogP contribution in [-0.4, -0.2) is 46.1 Å². The van der Waals surface area contributed by atoms with Crippen molar-refractivity contribution in [2.75, 3.05) is 13.7 Å². The number of aryl methyl sites for hydroxylation is 1. The van der Waals surface area contributed by atoms with Crippen LogP contribution in [0.4, 0.5) is 0 Å². The smallest absolute Gasteiger partial charge is 0.305 e. The number of carbonyl (C=O) groups excluding carboxylic acids is 1. The van der Waals surface area contributed by atoms with E-state index in [1.165, 1.54) is 19.2 Å². The molecule has 0 spiro atoms. The second kappa shape index (κ2) is 7.82. The fraction of sp³-hybridized carbons (Fsp3) is 0.588. The molecule has 1 heterocycles. The van der Waals surface area contributed by atoms with Gasteiger partial charge in [0, 0.05) is 6.42 Å². The highest BCUT2D eigenvalue weighted by atomic mass is 32.2. The van der Waals surface area contributed by atoms with Gasteiger partial charge in [-0.1, -0.05) is 17.7 Å². The Hall–Kier alpha value is -1.48. The van der Waals surface area contributed by atoms with Crippen LogP contribution in [0.2, 0.25) is 0 Å². The highest BCUT2D eigenvalue weighted by molar-refractivity contribution is 7.86. The minimum Gasteiger partial charge on any atom is -0.469 e. The Bertz CT molecular complexity index is 694. The molecule has 0 unspecified atom stereocenters. The fourth-order valence-corrected chi connectivity index (χ4v) is 3.51. The molecule has 25 heavy (non-hydrogen) atoms. The number of hydrogen-bond donors (Lipinski definition) is 0. The SMILES string of the molecule is COC(=O)CC[C@@H]1OC(C)(C)O[C@@H]1COS(=O)(=O)c1ccc(C)cc1. The van der Waals surface area contributed by atoms with Crippen LogP contribution < -0.4 is 0 Å². The summed E-state index contributed by atoms with van der Waals surface area (Å²) in [5, 5.41) is 0. The van der Waals surface area contributed by atoms with Gasteiger partial charge in [0.05, 0.1) is 24.7 Å². The molecule has 0 bridgehead atoms. The molecular formula is C17H24O7S. The molecule has 1 aliphatic heterocycles. The van der Waals surface area contributed by atoms with E-state index in [0.717, 1.165) is 5.56 Å². The number of esters is 1. The lowest BCUT2D eigenvalue weighted by atomic mass is 10.1. The number of rotatable bonds is 7. The van der Waals surface area contributed by atoms with Crippen LogP contribution in [0.25, 0.3) is 0 Å². The number of methoxy groups -OCH3 is 1. The summed E-state index contributed by atoms with van der Waals surface area (Å²) in [6, 6.07) is 6.39. The molecule has 0 aromatic heterocycles. The minimum atomic E-state index is -3.89. The summed E-state index contributed by atoms with van der Waals surface area (Å²) in [5.74, 6) is -1.23. The molecule has 0 amide bonds. The maximum Gasteiger partial charge on any atom is 0.305 e. The molecule has 1 fully saturated rings. The van der Waals surface area contributed by atoms with E-state index in [-0.39, 0.29) is 23.9 Å². The van der Waals surface area contributed by atoms with E-state index in [1.807, 2.05) is 6.92 Å². The van der Waals surface area contributed by atoms with Crippen LogP contribution in [0.15, 0.2) is 29.2 Å². The molecule has 1 saturated heterocycles. The van der Waals surface area contributed by atoms with Crippen LogP contribution in [0, 0.1) is 6.92 Å². The molecule has 0 radical (unpaired) electrons. The second-order valence-corrected chi connectivity index (χ2v) is 7.99. The van der Waals surface area contributed by atoms with Gasteiger partial charge in [0.15, 0.2) is 5.79 Å². The van der Waals surface area contributed by atoms with Crippen molar-refractivity contribution in [3.63, 3.8) is 0 Å². The lowest BCUT2D eigenvalue weighted by Crippen LogP contribution is -2.29. The summed E-state index contributed by atoms with van der Waals surface area (Å²) in [6.45, 7) is 5.14. The zero-order chi connectivity index (χ0) is 18.7. The van der Waals surface area contributed by atoms with Crippen molar-refractivity contribution in [3.8, 4) is 0 Å². The van der Waals surface area contributed by atoms with Gasteiger partial charge in [-0.25, -0.2) is 0 Å². The molecule has 2 atom stereocenters. The van der Waals surface area contributed by atoms with E-state index in [4.69, 9.17) is 13.7 Å². The fourth-order valence-electron chi connectivity index (χ4n) is 2.59. The summed E-state index contributed by atoms with van der Waals surface area (Å²) in [7, 11) is -2.58. The Morgan fingerprint density at radius 1 is 1.16 bits per heavy atom. The van der Waals surface area contributed by atoms with Gasteiger partial charge in [-0.05, 0) is 39.3 Å². The predicted molar refractivity (Wildman–Crippen MR) is 89.4 cm³/mol. The molecule has 140 valence electrons. The zero-order valence-corrected chi connectivity index (χ0v) is 15.7. The highest BCUT2D eigenvalue weighted by Gasteiger charge is 2.42. The largest absolute Gasteiger partial charge is 0.469 e. The molecule has 1 aromatic rings. The Balaban J connectivity index is 2.01. The molecule has 2 rings (SSSR count).